The first kappa shape index (κ1) is 21.3. The van der Waals surface area contributed by atoms with Crippen molar-refractivity contribution in [3.8, 4) is 11.1 Å². The average molecular weight is 407 g/mol. The van der Waals surface area contributed by atoms with Gasteiger partial charge < -0.3 is 16.0 Å². The highest BCUT2D eigenvalue weighted by Crippen LogP contribution is 2.37. The molecule has 156 valence electrons. The second kappa shape index (κ2) is 8.53. The lowest BCUT2D eigenvalue weighted by molar-refractivity contribution is -0.116. The maximum Gasteiger partial charge on any atom is 0.250 e. The van der Waals surface area contributed by atoms with Crippen LogP contribution in [-0.2, 0) is 17.8 Å². The van der Waals surface area contributed by atoms with E-state index in [1.807, 2.05) is 32.0 Å². The molecule has 1 heterocycles. The topological polar surface area (TPSA) is 88.0 Å². The number of carbonyl (C=O) groups is 2. The zero-order chi connectivity index (χ0) is 22.0. The molecule has 0 unspecified atom stereocenters. The molecule has 0 aliphatic rings. The number of fused-ring (bicyclic) bond motifs is 1. The summed E-state index contributed by atoms with van der Waals surface area (Å²) in [5.41, 5.74) is 11.0. The maximum absolute atomic E-state index is 15.3. The van der Waals surface area contributed by atoms with Crippen molar-refractivity contribution in [3.05, 3.63) is 70.7 Å². The minimum atomic E-state index is -0.683. The van der Waals surface area contributed by atoms with E-state index < -0.39 is 11.7 Å². The predicted molar refractivity (Wildman–Crippen MR) is 118 cm³/mol. The Hall–Kier alpha value is -3.41. The van der Waals surface area contributed by atoms with E-state index in [4.69, 9.17) is 5.73 Å². The fourth-order valence-electron chi connectivity index (χ4n) is 3.81. The Morgan fingerprint density at radius 3 is 2.60 bits per heavy atom. The van der Waals surface area contributed by atoms with E-state index in [0.29, 0.717) is 28.6 Å². The number of hydrogen-bond donors (Lipinski definition) is 3. The Labute approximate surface area is 175 Å². The number of aromatic nitrogens is 1. The third kappa shape index (κ3) is 3.85. The summed E-state index contributed by atoms with van der Waals surface area (Å²) in [6, 6.07) is 6.94. The molecule has 0 bridgehead atoms. The van der Waals surface area contributed by atoms with Crippen LogP contribution in [0.4, 0.5) is 4.39 Å². The summed E-state index contributed by atoms with van der Waals surface area (Å²) in [6.45, 7) is 9.64. The van der Waals surface area contributed by atoms with Crippen LogP contribution in [0.3, 0.4) is 0 Å². The van der Waals surface area contributed by atoms with Crippen molar-refractivity contribution in [1.82, 2.24) is 10.3 Å². The van der Waals surface area contributed by atoms with E-state index >= 15 is 4.39 Å². The molecule has 0 atom stereocenters. The van der Waals surface area contributed by atoms with Crippen LogP contribution in [0.25, 0.3) is 22.0 Å². The molecule has 0 saturated carbocycles. The normalized spacial score (nSPS) is 10.9. The van der Waals surface area contributed by atoms with Crippen LogP contribution >= 0.6 is 0 Å². The number of nitrogens with one attached hydrogen (secondary N) is 2. The van der Waals surface area contributed by atoms with Gasteiger partial charge in [-0.2, -0.15) is 0 Å². The molecule has 0 spiro atoms. The molecular weight excluding hydrogens is 381 g/mol. The molecule has 0 radical (unpaired) electrons. The van der Waals surface area contributed by atoms with Gasteiger partial charge in [0.1, 0.15) is 5.82 Å². The Morgan fingerprint density at radius 2 is 1.97 bits per heavy atom. The molecule has 6 heteroatoms. The van der Waals surface area contributed by atoms with Crippen LogP contribution in [0.15, 0.2) is 36.9 Å². The first-order valence-corrected chi connectivity index (χ1v) is 9.92. The molecule has 3 rings (SSSR count). The van der Waals surface area contributed by atoms with Crippen LogP contribution in [0.2, 0.25) is 0 Å². The molecule has 0 fully saturated rings. The number of benzene rings is 2. The monoisotopic (exact) mass is 407 g/mol. The van der Waals surface area contributed by atoms with Crippen LogP contribution in [0, 0.1) is 19.7 Å². The summed E-state index contributed by atoms with van der Waals surface area (Å²) in [4.78, 5) is 26.7. The Kier molecular flexibility index (Phi) is 6.06. The van der Waals surface area contributed by atoms with Gasteiger partial charge in [0.25, 0.3) is 5.91 Å². The summed E-state index contributed by atoms with van der Waals surface area (Å²) in [5.74, 6) is -1.46. The average Bonchev–Trinajstić information content (AvgIpc) is 3.01. The van der Waals surface area contributed by atoms with Crippen LogP contribution in [0.5, 0.6) is 0 Å². The van der Waals surface area contributed by atoms with E-state index in [1.54, 1.807) is 0 Å². The smallest absolute Gasteiger partial charge is 0.250 e. The van der Waals surface area contributed by atoms with Gasteiger partial charge in [-0.1, -0.05) is 32.1 Å². The van der Waals surface area contributed by atoms with Gasteiger partial charge in [-0.05, 0) is 60.7 Å². The summed E-state index contributed by atoms with van der Waals surface area (Å²) in [5, 5.41) is 3.44. The van der Waals surface area contributed by atoms with Gasteiger partial charge in [-0.25, -0.2) is 4.39 Å². The number of carbonyl (C=O) groups excluding carboxylic acids is 2. The summed E-state index contributed by atoms with van der Waals surface area (Å²) >= 11 is 0. The summed E-state index contributed by atoms with van der Waals surface area (Å²) in [6.07, 6.45) is 3.02. The number of nitrogens with two attached hydrogens (primary N) is 1. The number of hydrogen-bond acceptors (Lipinski definition) is 2. The number of primary amides is 1. The van der Waals surface area contributed by atoms with Gasteiger partial charge >= 0.3 is 0 Å². The molecule has 5 nitrogen and oxygen atoms in total. The number of H-pyrrole nitrogens is 1. The highest BCUT2D eigenvalue weighted by Gasteiger charge is 2.21. The van der Waals surface area contributed by atoms with Crippen molar-refractivity contribution in [3.63, 3.8) is 0 Å². The van der Waals surface area contributed by atoms with Gasteiger partial charge in [0.15, 0.2) is 0 Å². The van der Waals surface area contributed by atoms with Gasteiger partial charge in [0, 0.05) is 23.2 Å². The van der Waals surface area contributed by atoms with Gasteiger partial charge in [0.05, 0.1) is 11.1 Å². The van der Waals surface area contributed by atoms with Gasteiger partial charge in [-0.3, -0.25) is 9.59 Å². The molecule has 1 aromatic heterocycles. The largest absolute Gasteiger partial charge is 0.366 e. The number of halogens is 1. The minimum Gasteiger partial charge on any atom is -0.366 e. The fourth-order valence-corrected chi connectivity index (χ4v) is 3.81. The second-order valence-corrected chi connectivity index (χ2v) is 7.43. The lowest BCUT2D eigenvalue weighted by Gasteiger charge is -2.14. The van der Waals surface area contributed by atoms with Gasteiger partial charge in [-0.15, -0.1) is 0 Å². The zero-order valence-corrected chi connectivity index (χ0v) is 17.5. The first-order valence-electron chi connectivity index (χ1n) is 9.92. The lowest BCUT2D eigenvalue weighted by atomic mass is 9.92. The third-order valence-corrected chi connectivity index (χ3v) is 5.45. The molecule has 0 aliphatic heterocycles. The van der Waals surface area contributed by atoms with Gasteiger partial charge in [0.2, 0.25) is 5.91 Å². The third-order valence-electron chi connectivity index (χ3n) is 5.45. The fraction of sp³-hybridized carbons (Fsp3) is 0.250. The van der Waals surface area contributed by atoms with E-state index in [1.165, 1.54) is 12.1 Å². The molecule has 0 saturated heterocycles. The second-order valence-electron chi connectivity index (χ2n) is 7.43. The predicted octanol–water partition coefficient (Wildman–Crippen LogP) is 4.44. The number of aromatic amines is 1. The first-order chi connectivity index (χ1) is 14.3. The van der Waals surface area contributed by atoms with Crippen molar-refractivity contribution < 1.29 is 14.0 Å². The molecule has 30 heavy (non-hydrogen) atoms. The highest BCUT2D eigenvalue weighted by molar-refractivity contribution is 6.10. The Balaban J connectivity index is 2.23. The molecule has 2 amide bonds. The van der Waals surface area contributed by atoms with E-state index in [0.717, 1.165) is 35.2 Å². The highest BCUT2D eigenvalue weighted by atomic mass is 19.1. The van der Waals surface area contributed by atoms with Crippen molar-refractivity contribution >= 4 is 22.7 Å². The molecule has 2 aromatic carbocycles. The summed E-state index contributed by atoms with van der Waals surface area (Å²) < 4.78 is 15.3. The maximum atomic E-state index is 15.3. The van der Waals surface area contributed by atoms with Crippen molar-refractivity contribution in [2.45, 2.75) is 40.2 Å². The van der Waals surface area contributed by atoms with Crippen molar-refractivity contribution in [1.29, 1.82) is 0 Å². The number of rotatable bonds is 7. The lowest BCUT2D eigenvalue weighted by Crippen LogP contribution is -2.20. The van der Waals surface area contributed by atoms with Crippen molar-refractivity contribution in [2.75, 3.05) is 0 Å². The van der Waals surface area contributed by atoms with Crippen LogP contribution in [-0.4, -0.2) is 16.8 Å². The Bertz CT molecular complexity index is 1160. The minimum absolute atomic E-state index is 0.128. The van der Waals surface area contributed by atoms with E-state index in [9.17, 15) is 9.59 Å². The SMILES string of the molecule is C=CC(=O)NCc1cc(-c2c(F)cc(C(N)=O)c3[nH]c(C)c(C)c23)ccc1CCC. The van der Waals surface area contributed by atoms with Crippen LogP contribution < -0.4 is 11.1 Å². The quantitative estimate of drug-likeness (QED) is 0.506. The molecule has 4 N–H and O–H groups in total. The van der Waals surface area contributed by atoms with E-state index in [2.05, 4.69) is 23.8 Å². The number of amides is 2. The number of aryl methyl sites for hydroxylation is 3. The van der Waals surface area contributed by atoms with Crippen LogP contribution in [0.1, 0.15) is 46.1 Å². The Morgan fingerprint density at radius 1 is 1.23 bits per heavy atom. The standard InChI is InChI=1S/C24H26FN3O2/c1-5-7-15-8-9-16(10-17(15)12-27-20(29)6-2)22-19(25)11-18(24(26)30)23-21(22)13(3)14(4)28-23/h6,8-11,28H,2,5,7,12H2,1,3-4H3,(H2,26,30)(H,27,29). The molecule has 0 aliphatic carbocycles. The zero-order valence-electron chi connectivity index (χ0n) is 17.5. The van der Waals surface area contributed by atoms with Crippen molar-refractivity contribution in [2.24, 2.45) is 5.73 Å². The molecule has 3 aromatic rings. The van der Waals surface area contributed by atoms with E-state index in [-0.39, 0.29) is 11.5 Å². The summed E-state index contributed by atoms with van der Waals surface area (Å²) in [7, 11) is 0. The molecular formula is C24H26FN3O2.